The van der Waals surface area contributed by atoms with Crippen molar-refractivity contribution in [2.75, 3.05) is 43.1 Å². The summed E-state index contributed by atoms with van der Waals surface area (Å²) >= 11 is 0. The van der Waals surface area contributed by atoms with E-state index in [0.717, 1.165) is 36.4 Å². The topological polar surface area (TPSA) is 106 Å². The molecule has 10 heteroatoms. The number of hydrogen-bond acceptors (Lipinski definition) is 9. The Labute approximate surface area is 176 Å². The van der Waals surface area contributed by atoms with Gasteiger partial charge >= 0.3 is 0 Å². The van der Waals surface area contributed by atoms with Crippen molar-refractivity contribution in [3.05, 3.63) is 23.8 Å². The molecule has 1 aliphatic heterocycles. The van der Waals surface area contributed by atoms with Crippen molar-refractivity contribution in [1.82, 2.24) is 35.0 Å². The Morgan fingerprint density at radius 1 is 1.27 bits per heavy atom. The van der Waals surface area contributed by atoms with E-state index < -0.39 is 0 Å². The molecule has 0 unspecified atom stereocenters. The molecule has 0 aliphatic carbocycles. The SMILES string of the molecule is CCOCCn1nc(C)c2nc(N3CCN[C@H](C)C3)nc(Nc3ccnc(C)n3)c21. The first kappa shape index (κ1) is 20.4. The maximum Gasteiger partial charge on any atom is 0.228 e. The lowest BCUT2D eigenvalue weighted by atomic mass is 10.2. The standard InChI is InChI=1S/C20H29N9O/c1-5-30-11-10-29-18-17(14(3)27-29)25-20(28-9-8-21-13(2)12-28)26-19(18)24-16-6-7-22-15(4)23-16/h6-7,13,21H,5,8-12H2,1-4H3,(H,22,23,24,25,26)/t13-/m1/s1. The van der Waals surface area contributed by atoms with Crippen molar-refractivity contribution in [3.8, 4) is 0 Å². The number of aryl methyl sites for hydroxylation is 2. The number of nitrogens with one attached hydrogen (secondary N) is 2. The second-order valence-electron chi connectivity index (χ2n) is 7.49. The van der Waals surface area contributed by atoms with Gasteiger partial charge in [0, 0.05) is 38.5 Å². The van der Waals surface area contributed by atoms with E-state index in [-0.39, 0.29) is 0 Å². The Morgan fingerprint density at radius 2 is 2.13 bits per heavy atom. The van der Waals surface area contributed by atoms with Crippen LogP contribution in [0, 0.1) is 13.8 Å². The van der Waals surface area contributed by atoms with Gasteiger partial charge in [-0.05, 0) is 33.8 Å². The number of piperazine rings is 1. The number of nitrogens with zero attached hydrogens (tertiary/aromatic N) is 7. The average Bonchev–Trinajstić information content (AvgIpc) is 3.04. The van der Waals surface area contributed by atoms with Crippen molar-refractivity contribution in [2.45, 2.75) is 40.3 Å². The second kappa shape index (κ2) is 8.88. The van der Waals surface area contributed by atoms with Crippen molar-refractivity contribution in [1.29, 1.82) is 0 Å². The lowest BCUT2D eigenvalue weighted by Crippen LogP contribution is -2.49. The molecule has 0 bridgehead atoms. The summed E-state index contributed by atoms with van der Waals surface area (Å²) in [4.78, 5) is 20.7. The van der Waals surface area contributed by atoms with Gasteiger partial charge in [0.05, 0.1) is 18.8 Å². The van der Waals surface area contributed by atoms with Crippen LogP contribution in [0.3, 0.4) is 0 Å². The summed E-state index contributed by atoms with van der Waals surface area (Å²) in [6, 6.07) is 2.22. The number of anilines is 3. The Morgan fingerprint density at radius 3 is 2.90 bits per heavy atom. The molecule has 4 heterocycles. The summed E-state index contributed by atoms with van der Waals surface area (Å²) in [5, 5.41) is 11.6. The van der Waals surface area contributed by atoms with Crippen LogP contribution in [0.1, 0.15) is 25.4 Å². The fourth-order valence-electron chi connectivity index (χ4n) is 3.67. The number of aromatic nitrogens is 6. The average molecular weight is 412 g/mol. The van der Waals surface area contributed by atoms with Crippen LogP contribution < -0.4 is 15.5 Å². The normalized spacial score (nSPS) is 16.9. The predicted molar refractivity (Wildman–Crippen MR) is 116 cm³/mol. The minimum Gasteiger partial charge on any atom is -0.380 e. The van der Waals surface area contributed by atoms with Gasteiger partial charge in [0.15, 0.2) is 5.82 Å². The van der Waals surface area contributed by atoms with Gasteiger partial charge < -0.3 is 20.3 Å². The van der Waals surface area contributed by atoms with E-state index in [1.165, 1.54) is 0 Å². The van der Waals surface area contributed by atoms with Crippen molar-refractivity contribution in [2.24, 2.45) is 0 Å². The molecule has 0 saturated carbocycles. The van der Waals surface area contributed by atoms with Crippen LogP contribution in [0.25, 0.3) is 11.0 Å². The third kappa shape index (κ3) is 4.34. The molecule has 0 aromatic carbocycles. The quantitative estimate of drug-likeness (QED) is 0.563. The highest BCUT2D eigenvalue weighted by Gasteiger charge is 2.23. The first-order chi connectivity index (χ1) is 14.5. The van der Waals surface area contributed by atoms with Gasteiger partial charge in [-0.3, -0.25) is 4.68 Å². The van der Waals surface area contributed by atoms with E-state index in [0.29, 0.717) is 49.2 Å². The van der Waals surface area contributed by atoms with Gasteiger partial charge in [0.25, 0.3) is 0 Å². The van der Waals surface area contributed by atoms with Crippen LogP contribution in [0.4, 0.5) is 17.6 Å². The highest BCUT2D eigenvalue weighted by molar-refractivity contribution is 5.90. The molecule has 1 atom stereocenters. The highest BCUT2D eigenvalue weighted by Crippen LogP contribution is 2.28. The molecule has 3 aromatic rings. The first-order valence-corrected chi connectivity index (χ1v) is 10.4. The van der Waals surface area contributed by atoms with E-state index in [1.54, 1.807) is 6.20 Å². The van der Waals surface area contributed by atoms with Gasteiger partial charge in [-0.1, -0.05) is 0 Å². The Balaban J connectivity index is 1.78. The molecule has 4 rings (SSSR count). The van der Waals surface area contributed by atoms with Crippen molar-refractivity contribution >= 4 is 28.6 Å². The summed E-state index contributed by atoms with van der Waals surface area (Å²) in [7, 11) is 0. The van der Waals surface area contributed by atoms with Crippen LogP contribution in [0.5, 0.6) is 0 Å². The molecule has 1 fully saturated rings. The third-order valence-corrected chi connectivity index (χ3v) is 5.07. The van der Waals surface area contributed by atoms with Crippen molar-refractivity contribution in [3.63, 3.8) is 0 Å². The third-order valence-electron chi connectivity index (χ3n) is 5.07. The molecule has 30 heavy (non-hydrogen) atoms. The summed E-state index contributed by atoms with van der Waals surface area (Å²) < 4.78 is 7.46. The molecule has 0 radical (unpaired) electrons. The maximum atomic E-state index is 5.54. The molecular formula is C20H29N9O. The lowest BCUT2D eigenvalue weighted by molar-refractivity contribution is 0.137. The minimum atomic E-state index is 0.383. The van der Waals surface area contributed by atoms with Crippen LogP contribution in [-0.2, 0) is 11.3 Å². The minimum absolute atomic E-state index is 0.383. The van der Waals surface area contributed by atoms with E-state index in [2.05, 4.69) is 32.4 Å². The van der Waals surface area contributed by atoms with E-state index in [9.17, 15) is 0 Å². The zero-order valence-corrected chi connectivity index (χ0v) is 18.0. The van der Waals surface area contributed by atoms with Crippen LogP contribution >= 0.6 is 0 Å². The molecule has 1 saturated heterocycles. The van der Waals surface area contributed by atoms with Crippen molar-refractivity contribution < 1.29 is 4.74 Å². The fourth-order valence-corrected chi connectivity index (χ4v) is 3.67. The smallest absolute Gasteiger partial charge is 0.228 e. The van der Waals surface area contributed by atoms with Crippen LogP contribution in [-0.4, -0.2) is 68.6 Å². The monoisotopic (exact) mass is 411 g/mol. The Bertz CT molecular complexity index is 1020. The van der Waals surface area contributed by atoms with Gasteiger partial charge in [-0.2, -0.15) is 10.1 Å². The van der Waals surface area contributed by atoms with Gasteiger partial charge in [-0.25, -0.2) is 15.0 Å². The van der Waals surface area contributed by atoms with E-state index in [1.807, 2.05) is 31.5 Å². The summed E-state index contributed by atoms with van der Waals surface area (Å²) in [5.74, 6) is 2.78. The molecule has 160 valence electrons. The van der Waals surface area contributed by atoms with Crippen LogP contribution in [0.2, 0.25) is 0 Å². The number of rotatable bonds is 7. The molecule has 2 N–H and O–H groups in total. The Kier molecular flexibility index (Phi) is 6.05. The van der Waals surface area contributed by atoms with E-state index in [4.69, 9.17) is 19.8 Å². The Hall–Kier alpha value is -2.85. The maximum absolute atomic E-state index is 5.54. The molecular weight excluding hydrogens is 382 g/mol. The zero-order valence-electron chi connectivity index (χ0n) is 18.0. The lowest BCUT2D eigenvalue weighted by Gasteiger charge is -2.32. The molecule has 0 spiro atoms. The summed E-state index contributed by atoms with van der Waals surface area (Å²) in [5.41, 5.74) is 2.57. The zero-order chi connectivity index (χ0) is 21.1. The number of ether oxygens (including phenoxy) is 1. The fraction of sp³-hybridized carbons (Fsp3) is 0.550. The summed E-state index contributed by atoms with van der Waals surface area (Å²) in [6.45, 7) is 12.5. The molecule has 10 nitrogen and oxygen atoms in total. The first-order valence-electron chi connectivity index (χ1n) is 10.4. The van der Waals surface area contributed by atoms with Crippen LogP contribution in [0.15, 0.2) is 12.3 Å². The van der Waals surface area contributed by atoms with E-state index >= 15 is 0 Å². The summed E-state index contributed by atoms with van der Waals surface area (Å²) in [6.07, 6.45) is 1.74. The predicted octanol–water partition coefficient (Wildman–Crippen LogP) is 1.81. The number of fused-ring (bicyclic) bond motifs is 1. The largest absolute Gasteiger partial charge is 0.380 e. The highest BCUT2D eigenvalue weighted by atomic mass is 16.5. The molecule has 0 amide bonds. The van der Waals surface area contributed by atoms with Gasteiger partial charge in [0.1, 0.15) is 22.7 Å². The molecule has 3 aromatic heterocycles. The van der Waals surface area contributed by atoms with Gasteiger partial charge in [0.2, 0.25) is 5.95 Å². The number of hydrogen-bond donors (Lipinski definition) is 2. The molecule has 1 aliphatic rings. The second-order valence-corrected chi connectivity index (χ2v) is 7.49. The van der Waals surface area contributed by atoms with Gasteiger partial charge in [-0.15, -0.1) is 0 Å².